The fourth-order valence-electron chi connectivity index (χ4n) is 2.13. The third-order valence-electron chi connectivity index (χ3n) is 3.41. The molecule has 0 saturated carbocycles. The van der Waals surface area contributed by atoms with E-state index < -0.39 is 6.10 Å². The fourth-order valence-corrected chi connectivity index (χ4v) is 2.13. The number of pyridine rings is 1. The van der Waals surface area contributed by atoms with Crippen LogP contribution in [0.4, 0.5) is 0 Å². The van der Waals surface area contributed by atoms with Gasteiger partial charge < -0.3 is 9.84 Å². The van der Waals surface area contributed by atoms with Crippen LogP contribution in [-0.4, -0.2) is 17.2 Å². The third-order valence-corrected chi connectivity index (χ3v) is 3.41. The number of aliphatic hydroxyl groups is 1. The first-order chi connectivity index (χ1) is 9.02. The number of nitrogens with zero attached hydrogens (tertiary/aromatic N) is 1. The van der Waals surface area contributed by atoms with E-state index >= 15 is 0 Å². The van der Waals surface area contributed by atoms with Gasteiger partial charge in [-0.3, -0.25) is 0 Å². The molecule has 0 spiro atoms. The highest BCUT2D eigenvalue weighted by atomic mass is 16.5. The summed E-state index contributed by atoms with van der Waals surface area (Å²) in [5, 5.41) is 10.5. The Kier molecular flexibility index (Phi) is 3.86. The Morgan fingerprint density at radius 2 is 1.74 bits per heavy atom. The predicted octanol–water partition coefficient (Wildman–Crippen LogP) is 3.10. The first-order valence-corrected chi connectivity index (χ1v) is 6.29. The van der Waals surface area contributed by atoms with Crippen molar-refractivity contribution in [3.63, 3.8) is 0 Å². The van der Waals surface area contributed by atoms with E-state index in [0.29, 0.717) is 11.6 Å². The Morgan fingerprint density at radius 3 is 2.42 bits per heavy atom. The van der Waals surface area contributed by atoms with E-state index in [9.17, 15) is 5.11 Å². The number of hydrogen-bond acceptors (Lipinski definition) is 3. The number of methoxy groups -OCH3 is 1. The van der Waals surface area contributed by atoms with E-state index in [4.69, 9.17) is 4.74 Å². The molecule has 0 fully saturated rings. The quantitative estimate of drug-likeness (QED) is 0.918. The summed E-state index contributed by atoms with van der Waals surface area (Å²) in [6, 6.07) is 9.52. The number of rotatable bonds is 3. The summed E-state index contributed by atoms with van der Waals surface area (Å²) in [6.07, 6.45) is -0.727. The van der Waals surface area contributed by atoms with Crippen LogP contribution in [0.1, 0.15) is 34.1 Å². The zero-order valence-corrected chi connectivity index (χ0v) is 11.8. The van der Waals surface area contributed by atoms with E-state index in [-0.39, 0.29) is 0 Å². The third kappa shape index (κ3) is 2.76. The van der Waals surface area contributed by atoms with Crippen LogP contribution in [0.15, 0.2) is 30.3 Å². The van der Waals surface area contributed by atoms with Crippen molar-refractivity contribution in [1.82, 2.24) is 4.98 Å². The van der Waals surface area contributed by atoms with Gasteiger partial charge in [0.05, 0.1) is 12.8 Å². The van der Waals surface area contributed by atoms with Crippen LogP contribution < -0.4 is 4.74 Å². The summed E-state index contributed by atoms with van der Waals surface area (Å²) in [7, 11) is 1.57. The molecule has 1 unspecified atom stereocenters. The smallest absolute Gasteiger partial charge is 0.213 e. The maximum Gasteiger partial charge on any atom is 0.213 e. The number of aryl methyl sites for hydroxylation is 3. The van der Waals surface area contributed by atoms with Crippen LogP contribution in [0.3, 0.4) is 0 Å². The molecule has 1 aromatic heterocycles. The molecular weight excluding hydrogens is 238 g/mol. The predicted molar refractivity (Wildman–Crippen MR) is 75.5 cm³/mol. The monoisotopic (exact) mass is 257 g/mol. The summed E-state index contributed by atoms with van der Waals surface area (Å²) >= 11 is 0. The van der Waals surface area contributed by atoms with E-state index in [2.05, 4.69) is 18.0 Å². The van der Waals surface area contributed by atoms with Crippen LogP contribution in [-0.2, 0) is 0 Å². The Bertz CT molecular complexity index is 593. The molecule has 2 rings (SSSR count). The van der Waals surface area contributed by atoms with Crippen molar-refractivity contribution >= 4 is 0 Å². The maximum absolute atomic E-state index is 10.5. The van der Waals surface area contributed by atoms with E-state index in [1.807, 2.05) is 32.0 Å². The lowest BCUT2D eigenvalue weighted by atomic mass is 9.95. The Hall–Kier alpha value is -1.87. The number of aliphatic hydroxyl groups excluding tert-OH is 1. The number of benzene rings is 1. The van der Waals surface area contributed by atoms with Crippen LogP contribution in [0.5, 0.6) is 5.88 Å². The highest BCUT2D eigenvalue weighted by molar-refractivity contribution is 5.40. The fraction of sp³-hybridized carbons (Fsp3) is 0.312. The van der Waals surface area contributed by atoms with E-state index in [0.717, 1.165) is 11.1 Å². The zero-order valence-electron chi connectivity index (χ0n) is 11.8. The highest BCUT2D eigenvalue weighted by Gasteiger charge is 2.15. The average Bonchev–Trinajstić information content (AvgIpc) is 2.42. The number of aromatic nitrogens is 1. The van der Waals surface area contributed by atoms with Gasteiger partial charge in [0.2, 0.25) is 5.88 Å². The van der Waals surface area contributed by atoms with Gasteiger partial charge in [-0.2, -0.15) is 0 Å². The molecule has 0 aliphatic heterocycles. The first-order valence-electron chi connectivity index (χ1n) is 6.29. The second kappa shape index (κ2) is 5.41. The molecule has 19 heavy (non-hydrogen) atoms. The Labute approximate surface area is 113 Å². The molecular formula is C16H19NO2. The minimum atomic E-state index is -0.727. The van der Waals surface area contributed by atoms with Gasteiger partial charge in [0.1, 0.15) is 6.10 Å². The van der Waals surface area contributed by atoms with Gasteiger partial charge in [0.15, 0.2) is 0 Å². The van der Waals surface area contributed by atoms with Crippen molar-refractivity contribution in [1.29, 1.82) is 0 Å². The lowest BCUT2D eigenvalue weighted by Crippen LogP contribution is -2.06. The SMILES string of the molecule is COc1cccc(C(O)c2cc(C)c(C)cc2C)n1. The minimum Gasteiger partial charge on any atom is -0.481 e. The minimum absolute atomic E-state index is 0.512. The number of ether oxygens (including phenoxy) is 1. The summed E-state index contributed by atoms with van der Waals surface area (Å²) in [5.41, 5.74) is 4.96. The molecule has 0 bridgehead atoms. The van der Waals surface area contributed by atoms with Crippen molar-refractivity contribution in [3.05, 3.63) is 58.3 Å². The molecule has 0 radical (unpaired) electrons. The average molecular weight is 257 g/mol. The topological polar surface area (TPSA) is 42.4 Å². The van der Waals surface area contributed by atoms with Gasteiger partial charge in [-0.25, -0.2) is 4.98 Å². The largest absolute Gasteiger partial charge is 0.481 e. The molecule has 0 aliphatic carbocycles. The van der Waals surface area contributed by atoms with Crippen molar-refractivity contribution in [2.75, 3.05) is 7.11 Å². The number of hydrogen-bond donors (Lipinski definition) is 1. The molecule has 0 amide bonds. The molecule has 3 nitrogen and oxygen atoms in total. The summed E-state index contributed by atoms with van der Waals surface area (Å²) in [4.78, 5) is 4.29. The molecule has 3 heteroatoms. The van der Waals surface area contributed by atoms with Crippen molar-refractivity contribution in [2.45, 2.75) is 26.9 Å². The van der Waals surface area contributed by atoms with Crippen LogP contribution in [0.25, 0.3) is 0 Å². The first kappa shape index (κ1) is 13.6. The van der Waals surface area contributed by atoms with Gasteiger partial charge >= 0.3 is 0 Å². The van der Waals surface area contributed by atoms with Crippen molar-refractivity contribution in [2.24, 2.45) is 0 Å². The summed E-state index contributed by atoms with van der Waals surface area (Å²) < 4.78 is 5.09. The molecule has 1 heterocycles. The standard InChI is InChI=1S/C16H19NO2/c1-10-8-12(3)13(9-11(10)2)16(18)14-6-5-7-15(17-14)19-4/h5-9,16,18H,1-4H3. The normalized spacial score (nSPS) is 12.3. The maximum atomic E-state index is 10.5. The van der Waals surface area contributed by atoms with Crippen LogP contribution in [0, 0.1) is 20.8 Å². The van der Waals surface area contributed by atoms with Gasteiger partial charge in [-0.15, -0.1) is 0 Å². The lowest BCUT2D eigenvalue weighted by molar-refractivity contribution is 0.213. The van der Waals surface area contributed by atoms with Crippen molar-refractivity contribution in [3.8, 4) is 5.88 Å². The second-order valence-corrected chi connectivity index (χ2v) is 4.80. The summed E-state index contributed by atoms with van der Waals surface area (Å²) in [5.74, 6) is 0.512. The second-order valence-electron chi connectivity index (χ2n) is 4.80. The van der Waals surface area contributed by atoms with Crippen molar-refractivity contribution < 1.29 is 9.84 Å². The Morgan fingerprint density at radius 1 is 1.05 bits per heavy atom. The molecule has 1 aromatic carbocycles. The molecule has 2 aromatic rings. The highest BCUT2D eigenvalue weighted by Crippen LogP contribution is 2.27. The van der Waals surface area contributed by atoms with Crippen LogP contribution in [0.2, 0.25) is 0 Å². The van der Waals surface area contributed by atoms with Crippen LogP contribution >= 0.6 is 0 Å². The molecule has 1 N–H and O–H groups in total. The van der Waals surface area contributed by atoms with Gasteiger partial charge in [0, 0.05) is 6.07 Å². The molecule has 0 saturated heterocycles. The summed E-state index contributed by atoms with van der Waals surface area (Å²) in [6.45, 7) is 6.12. The van der Waals surface area contributed by atoms with E-state index in [1.54, 1.807) is 13.2 Å². The lowest BCUT2D eigenvalue weighted by Gasteiger charge is -2.16. The zero-order chi connectivity index (χ0) is 14.0. The van der Waals surface area contributed by atoms with Gasteiger partial charge in [-0.05, 0) is 49.1 Å². The molecule has 100 valence electrons. The Balaban J connectivity index is 2.43. The molecule has 0 aliphatic rings. The van der Waals surface area contributed by atoms with Gasteiger partial charge in [0.25, 0.3) is 0 Å². The van der Waals surface area contributed by atoms with Gasteiger partial charge in [-0.1, -0.05) is 18.2 Å². The molecule has 1 atom stereocenters. The van der Waals surface area contributed by atoms with E-state index in [1.165, 1.54) is 11.1 Å².